The molecule has 1 aromatic carbocycles. The van der Waals surface area contributed by atoms with Gasteiger partial charge in [-0.1, -0.05) is 25.7 Å². The van der Waals surface area contributed by atoms with E-state index >= 15 is 0 Å². The van der Waals surface area contributed by atoms with E-state index in [-0.39, 0.29) is 10.0 Å². The van der Waals surface area contributed by atoms with Gasteiger partial charge in [0.05, 0.1) is 4.47 Å². The van der Waals surface area contributed by atoms with Gasteiger partial charge in [-0.05, 0) is 46.8 Å². The average Bonchev–Trinajstić information content (AvgIpc) is 2.85. The Morgan fingerprint density at radius 1 is 1.28 bits per heavy atom. The summed E-state index contributed by atoms with van der Waals surface area (Å²) in [5.41, 5.74) is 5.96. The van der Waals surface area contributed by atoms with Gasteiger partial charge in [-0.2, -0.15) is 0 Å². The van der Waals surface area contributed by atoms with Crippen LogP contribution in [0.2, 0.25) is 0 Å². The van der Waals surface area contributed by atoms with Crippen LogP contribution in [0.25, 0.3) is 0 Å². The number of hydrogen-bond acceptors (Lipinski definition) is 1. The summed E-state index contributed by atoms with van der Waals surface area (Å²) in [4.78, 5) is 0. The van der Waals surface area contributed by atoms with E-state index in [0.717, 1.165) is 6.42 Å². The third-order valence-corrected chi connectivity index (χ3v) is 4.42. The minimum Gasteiger partial charge on any atom is -0.324 e. The van der Waals surface area contributed by atoms with Crippen LogP contribution in [0.15, 0.2) is 16.6 Å². The molecule has 0 amide bonds. The third kappa shape index (κ3) is 3.09. The van der Waals surface area contributed by atoms with Crippen LogP contribution in [0.4, 0.5) is 8.78 Å². The Hall–Kier alpha value is -0.480. The highest BCUT2D eigenvalue weighted by atomic mass is 79.9. The first-order valence-corrected chi connectivity index (χ1v) is 7.28. The molecule has 1 fully saturated rings. The summed E-state index contributed by atoms with van der Waals surface area (Å²) in [6.07, 6.45) is 6.63. The number of nitrogens with two attached hydrogens (primary N) is 1. The van der Waals surface area contributed by atoms with Gasteiger partial charge in [0.15, 0.2) is 0 Å². The summed E-state index contributed by atoms with van der Waals surface area (Å²) in [6, 6.07) is 2.08. The summed E-state index contributed by atoms with van der Waals surface area (Å²) >= 11 is 3.07. The second-order valence-corrected chi connectivity index (χ2v) is 5.95. The standard InChI is InChI=1S/C14H18BrF2N/c15-10-6-7-11(16)13(14(10)17)12(18)8-5-9-3-1-2-4-9/h6-7,9,12H,1-5,8,18H2. The Bertz CT molecular complexity index is 417. The van der Waals surface area contributed by atoms with Gasteiger partial charge in [0.1, 0.15) is 11.6 Å². The molecule has 2 N–H and O–H groups in total. The minimum atomic E-state index is -0.561. The topological polar surface area (TPSA) is 26.0 Å². The maximum atomic E-state index is 13.8. The Kier molecular flexibility index (Phi) is 4.73. The van der Waals surface area contributed by atoms with E-state index in [2.05, 4.69) is 15.9 Å². The number of hydrogen-bond donors (Lipinski definition) is 1. The zero-order valence-electron chi connectivity index (χ0n) is 10.3. The highest BCUT2D eigenvalue weighted by Crippen LogP contribution is 2.33. The fourth-order valence-electron chi connectivity index (χ4n) is 2.74. The summed E-state index contributed by atoms with van der Waals surface area (Å²) in [5.74, 6) is -0.419. The molecular formula is C14H18BrF2N. The van der Waals surface area contributed by atoms with Gasteiger partial charge in [-0.15, -0.1) is 0 Å². The largest absolute Gasteiger partial charge is 0.324 e. The van der Waals surface area contributed by atoms with Gasteiger partial charge >= 0.3 is 0 Å². The second kappa shape index (κ2) is 6.11. The molecule has 1 aromatic rings. The summed E-state index contributed by atoms with van der Waals surface area (Å²) in [7, 11) is 0. The summed E-state index contributed by atoms with van der Waals surface area (Å²) < 4.78 is 27.8. The smallest absolute Gasteiger partial charge is 0.145 e. The van der Waals surface area contributed by atoms with Gasteiger partial charge in [0.2, 0.25) is 0 Å². The van der Waals surface area contributed by atoms with Crippen LogP contribution in [0.1, 0.15) is 50.1 Å². The summed E-state index contributed by atoms with van der Waals surface area (Å²) in [6.45, 7) is 0. The van der Waals surface area contributed by atoms with Crippen LogP contribution in [-0.2, 0) is 0 Å². The maximum Gasteiger partial charge on any atom is 0.145 e. The van der Waals surface area contributed by atoms with Gasteiger partial charge < -0.3 is 5.73 Å². The monoisotopic (exact) mass is 317 g/mol. The van der Waals surface area contributed by atoms with Crippen LogP contribution in [-0.4, -0.2) is 0 Å². The molecule has 0 saturated heterocycles. The average molecular weight is 318 g/mol. The van der Waals surface area contributed by atoms with Crippen LogP contribution in [0.5, 0.6) is 0 Å². The predicted octanol–water partition coefficient (Wildman–Crippen LogP) is 4.70. The molecule has 0 aliphatic heterocycles. The lowest BCUT2D eigenvalue weighted by molar-refractivity contribution is 0.435. The summed E-state index contributed by atoms with van der Waals surface area (Å²) in [5, 5.41) is 0. The highest BCUT2D eigenvalue weighted by molar-refractivity contribution is 9.10. The lowest BCUT2D eigenvalue weighted by Gasteiger charge is -2.17. The lowest BCUT2D eigenvalue weighted by Crippen LogP contribution is -2.15. The van der Waals surface area contributed by atoms with Crippen LogP contribution >= 0.6 is 15.9 Å². The fraction of sp³-hybridized carbons (Fsp3) is 0.571. The molecule has 0 radical (unpaired) electrons. The molecule has 0 spiro atoms. The first-order chi connectivity index (χ1) is 8.59. The molecule has 1 unspecified atom stereocenters. The Balaban J connectivity index is 2.03. The van der Waals surface area contributed by atoms with Crippen molar-refractivity contribution in [1.82, 2.24) is 0 Å². The van der Waals surface area contributed by atoms with Crippen molar-refractivity contribution >= 4 is 15.9 Å². The van der Waals surface area contributed by atoms with Crippen molar-refractivity contribution in [3.8, 4) is 0 Å². The predicted molar refractivity (Wildman–Crippen MR) is 72.2 cm³/mol. The number of rotatable bonds is 4. The van der Waals surface area contributed by atoms with Crippen molar-refractivity contribution < 1.29 is 8.78 Å². The molecular weight excluding hydrogens is 300 g/mol. The van der Waals surface area contributed by atoms with Gasteiger partial charge in [0.25, 0.3) is 0 Å². The van der Waals surface area contributed by atoms with E-state index < -0.39 is 17.7 Å². The van der Waals surface area contributed by atoms with E-state index in [1.807, 2.05) is 0 Å². The van der Waals surface area contributed by atoms with Crippen molar-refractivity contribution in [2.45, 2.75) is 44.6 Å². The SMILES string of the molecule is NC(CCC1CCCC1)c1c(F)ccc(Br)c1F. The zero-order valence-corrected chi connectivity index (χ0v) is 11.8. The van der Waals surface area contributed by atoms with Gasteiger partial charge in [0, 0.05) is 11.6 Å². The molecule has 1 saturated carbocycles. The van der Waals surface area contributed by atoms with E-state index in [9.17, 15) is 8.78 Å². The molecule has 2 rings (SSSR count). The Labute approximate surface area is 115 Å². The van der Waals surface area contributed by atoms with E-state index in [1.165, 1.54) is 37.8 Å². The van der Waals surface area contributed by atoms with Crippen LogP contribution in [0, 0.1) is 17.6 Å². The van der Waals surface area contributed by atoms with Crippen molar-refractivity contribution in [1.29, 1.82) is 0 Å². The Morgan fingerprint density at radius 3 is 2.61 bits per heavy atom. The van der Waals surface area contributed by atoms with E-state index in [4.69, 9.17) is 5.73 Å². The van der Waals surface area contributed by atoms with Crippen molar-refractivity contribution in [2.75, 3.05) is 0 Å². The molecule has 0 heterocycles. The van der Waals surface area contributed by atoms with Crippen LogP contribution < -0.4 is 5.73 Å². The molecule has 4 heteroatoms. The Morgan fingerprint density at radius 2 is 1.94 bits per heavy atom. The first kappa shape index (κ1) is 13.9. The molecule has 0 bridgehead atoms. The quantitative estimate of drug-likeness (QED) is 0.800. The maximum absolute atomic E-state index is 13.8. The third-order valence-electron chi connectivity index (χ3n) is 3.81. The van der Waals surface area contributed by atoms with Crippen LogP contribution in [0.3, 0.4) is 0 Å². The van der Waals surface area contributed by atoms with E-state index in [0.29, 0.717) is 12.3 Å². The molecule has 1 nitrogen and oxygen atoms in total. The molecule has 18 heavy (non-hydrogen) atoms. The highest BCUT2D eigenvalue weighted by Gasteiger charge is 2.21. The van der Waals surface area contributed by atoms with Gasteiger partial charge in [-0.3, -0.25) is 0 Å². The molecule has 1 aliphatic rings. The van der Waals surface area contributed by atoms with E-state index in [1.54, 1.807) is 0 Å². The van der Waals surface area contributed by atoms with Crippen molar-refractivity contribution in [2.24, 2.45) is 11.7 Å². The molecule has 1 aliphatic carbocycles. The fourth-order valence-corrected chi connectivity index (χ4v) is 3.09. The lowest BCUT2D eigenvalue weighted by atomic mass is 9.95. The zero-order chi connectivity index (χ0) is 13.1. The minimum absolute atomic E-state index is 0.0161. The molecule has 0 aromatic heterocycles. The normalized spacial score (nSPS) is 18.2. The van der Waals surface area contributed by atoms with Gasteiger partial charge in [-0.25, -0.2) is 8.78 Å². The number of benzene rings is 1. The first-order valence-electron chi connectivity index (χ1n) is 6.48. The number of halogens is 3. The van der Waals surface area contributed by atoms with Crippen molar-refractivity contribution in [3.63, 3.8) is 0 Å². The van der Waals surface area contributed by atoms with Crippen molar-refractivity contribution in [3.05, 3.63) is 33.8 Å². The second-order valence-electron chi connectivity index (χ2n) is 5.09. The molecule has 1 atom stereocenters. The molecule has 100 valence electrons.